The van der Waals surface area contributed by atoms with Crippen molar-refractivity contribution in [3.8, 4) is 0 Å². The highest BCUT2D eigenvalue weighted by Gasteiger charge is 2.15. The molecule has 5 nitrogen and oxygen atoms in total. The predicted molar refractivity (Wildman–Crippen MR) is 86.6 cm³/mol. The molecule has 0 unspecified atom stereocenters. The molecule has 20 heavy (non-hydrogen) atoms. The third-order valence-corrected chi connectivity index (χ3v) is 4.07. The van der Waals surface area contributed by atoms with E-state index < -0.39 is 0 Å². The summed E-state index contributed by atoms with van der Waals surface area (Å²) in [5, 5.41) is 6.39. The zero-order valence-electron chi connectivity index (χ0n) is 12.1. The van der Waals surface area contributed by atoms with Crippen LogP contribution in [0.4, 0.5) is 5.13 Å². The first-order valence-electron chi connectivity index (χ1n) is 7.02. The maximum absolute atomic E-state index is 5.76. The highest BCUT2D eigenvalue weighted by molar-refractivity contribution is 7.13. The number of aliphatic imine (C=N–C) groups is 1. The first-order valence-corrected chi connectivity index (χ1v) is 7.90. The van der Waals surface area contributed by atoms with Gasteiger partial charge in [-0.25, -0.2) is 9.98 Å². The van der Waals surface area contributed by atoms with Crippen LogP contribution >= 0.6 is 11.3 Å². The van der Waals surface area contributed by atoms with Gasteiger partial charge >= 0.3 is 0 Å². The number of aromatic nitrogens is 1. The number of anilines is 1. The van der Waals surface area contributed by atoms with E-state index in [1.807, 2.05) is 6.92 Å². The number of rotatable bonds is 6. The summed E-state index contributed by atoms with van der Waals surface area (Å²) in [4.78, 5) is 11.2. The lowest BCUT2D eigenvalue weighted by atomic mass is 10.3. The summed E-state index contributed by atoms with van der Waals surface area (Å²) in [5.41, 5.74) is 7.89. The molecule has 1 aromatic heterocycles. The smallest absolute Gasteiger partial charge is 0.188 e. The fourth-order valence-electron chi connectivity index (χ4n) is 2.06. The normalized spacial score (nSPS) is 15.7. The summed E-state index contributed by atoms with van der Waals surface area (Å²) in [6, 6.07) is 0. The largest absolute Gasteiger partial charge is 0.370 e. The molecule has 0 atom stereocenters. The minimum atomic E-state index is 0.475. The van der Waals surface area contributed by atoms with Crippen molar-refractivity contribution in [1.29, 1.82) is 0 Å². The molecule has 0 aliphatic carbocycles. The van der Waals surface area contributed by atoms with Crippen molar-refractivity contribution in [2.24, 2.45) is 10.7 Å². The molecule has 3 N–H and O–H groups in total. The Balaban J connectivity index is 1.74. The van der Waals surface area contributed by atoms with Gasteiger partial charge in [0, 0.05) is 31.4 Å². The van der Waals surface area contributed by atoms with E-state index in [0.29, 0.717) is 12.5 Å². The maximum Gasteiger partial charge on any atom is 0.188 e. The summed E-state index contributed by atoms with van der Waals surface area (Å²) in [6.45, 7) is 9.35. The van der Waals surface area contributed by atoms with Gasteiger partial charge in [-0.2, -0.15) is 0 Å². The molecule has 0 bridgehead atoms. The van der Waals surface area contributed by atoms with Crippen molar-refractivity contribution in [3.63, 3.8) is 0 Å². The molecule has 1 aliphatic heterocycles. The lowest BCUT2D eigenvalue weighted by Crippen LogP contribution is -2.33. The van der Waals surface area contributed by atoms with Gasteiger partial charge in [0.1, 0.15) is 0 Å². The first kappa shape index (κ1) is 14.8. The molecule has 0 saturated carbocycles. The van der Waals surface area contributed by atoms with Crippen molar-refractivity contribution in [2.75, 3.05) is 31.1 Å². The van der Waals surface area contributed by atoms with Crippen molar-refractivity contribution in [1.82, 2.24) is 10.3 Å². The first-order chi connectivity index (χ1) is 9.65. The van der Waals surface area contributed by atoms with Gasteiger partial charge < -0.3 is 16.0 Å². The second kappa shape index (κ2) is 7.28. The molecule has 0 radical (unpaired) electrons. The summed E-state index contributed by atoms with van der Waals surface area (Å²) >= 11 is 1.73. The number of nitrogens with zero attached hydrogens (tertiary/aromatic N) is 3. The minimum Gasteiger partial charge on any atom is -0.370 e. The van der Waals surface area contributed by atoms with E-state index in [-0.39, 0.29) is 0 Å². The predicted octanol–water partition coefficient (Wildman–Crippen LogP) is 1.77. The van der Waals surface area contributed by atoms with Crippen LogP contribution in [0.3, 0.4) is 0 Å². The quantitative estimate of drug-likeness (QED) is 0.476. The summed E-state index contributed by atoms with van der Waals surface area (Å²) < 4.78 is 0. The lowest BCUT2D eigenvalue weighted by Gasteiger charge is -2.12. The summed E-state index contributed by atoms with van der Waals surface area (Å²) in [7, 11) is 0. The number of nitrogens with two attached hydrogens (primary N) is 1. The second-order valence-electron chi connectivity index (χ2n) is 5.15. The molecular formula is C14H23N5S. The lowest BCUT2D eigenvalue weighted by molar-refractivity contribution is 0.832. The number of nitrogens with one attached hydrogen (secondary N) is 1. The highest BCUT2D eigenvalue weighted by atomic mass is 32.1. The summed E-state index contributed by atoms with van der Waals surface area (Å²) in [5.74, 6) is 0.475. The van der Waals surface area contributed by atoms with E-state index in [4.69, 9.17) is 5.73 Å². The fraction of sp³-hybridized carbons (Fsp3) is 0.571. The average Bonchev–Trinajstić information content (AvgIpc) is 3.06. The van der Waals surface area contributed by atoms with Gasteiger partial charge in [-0.15, -0.1) is 11.3 Å². The van der Waals surface area contributed by atoms with Crippen LogP contribution in [0.5, 0.6) is 0 Å². The van der Waals surface area contributed by atoms with Crippen LogP contribution in [0.2, 0.25) is 0 Å². The molecule has 2 heterocycles. The second-order valence-corrected chi connectivity index (χ2v) is 5.99. The Morgan fingerprint density at radius 2 is 2.30 bits per heavy atom. The molecule has 1 aromatic rings. The Morgan fingerprint density at radius 1 is 1.55 bits per heavy atom. The van der Waals surface area contributed by atoms with Gasteiger partial charge in [0.05, 0.1) is 12.2 Å². The van der Waals surface area contributed by atoms with Gasteiger partial charge in [0.15, 0.2) is 11.1 Å². The van der Waals surface area contributed by atoms with Crippen LogP contribution in [-0.2, 0) is 6.42 Å². The van der Waals surface area contributed by atoms with Gasteiger partial charge in [0.25, 0.3) is 0 Å². The molecule has 1 saturated heterocycles. The molecule has 2 rings (SSSR count). The highest BCUT2D eigenvalue weighted by Crippen LogP contribution is 2.24. The van der Waals surface area contributed by atoms with Crippen LogP contribution in [0, 0.1) is 0 Å². The van der Waals surface area contributed by atoms with Crippen molar-refractivity contribution in [3.05, 3.63) is 23.2 Å². The molecule has 0 amide bonds. The average molecular weight is 293 g/mol. The Kier molecular flexibility index (Phi) is 5.40. The van der Waals surface area contributed by atoms with Gasteiger partial charge in [0.2, 0.25) is 0 Å². The summed E-state index contributed by atoms with van der Waals surface area (Å²) in [6.07, 6.45) is 3.44. The van der Waals surface area contributed by atoms with E-state index >= 15 is 0 Å². The van der Waals surface area contributed by atoms with E-state index in [1.54, 1.807) is 11.3 Å². The molecular weight excluding hydrogens is 270 g/mol. The Bertz CT molecular complexity index is 474. The number of hydrogen-bond donors (Lipinski definition) is 2. The number of thiazole rings is 1. The van der Waals surface area contributed by atoms with Crippen molar-refractivity contribution >= 4 is 22.4 Å². The fourth-order valence-corrected chi connectivity index (χ4v) is 2.97. The minimum absolute atomic E-state index is 0.475. The van der Waals surface area contributed by atoms with E-state index in [9.17, 15) is 0 Å². The van der Waals surface area contributed by atoms with E-state index in [1.165, 1.54) is 12.8 Å². The van der Waals surface area contributed by atoms with Crippen LogP contribution in [0.25, 0.3) is 0 Å². The Labute approximate surface area is 124 Å². The molecule has 6 heteroatoms. The van der Waals surface area contributed by atoms with Crippen molar-refractivity contribution in [2.45, 2.75) is 26.2 Å². The van der Waals surface area contributed by atoms with Gasteiger partial charge in [-0.05, 0) is 19.8 Å². The standard InChI is InChI=1S/C14H23N5S/c1-11(2)9-17-13(15)16-6-5-12-10-20-14(18-12)19-7-3-4-8-19/h10H,1,3-9H2,2H3,(H3,15,16,17). The maximum atomic E-state index is 5.76. The molecule has 1 aliphatic rings. The number of hydrogen-bond acceptors (Lipinski definition) is 4. The zero-order valence-corrected chi connectivity index (χ0v) is 12.9. The molecule has 1 fully saturated rings. The van der Waals surface area contributed by atoms with Crippen molar-refractivity contribution < 1.29 is 0 Å². The third kappa shape index (κ3) is 4.52. The topological polar surface area (TPSA) is 66.5 Å². The van der Waals surface area contributed by atoms with Crippen LogP contribution in [0.15, 0.2) is 22.5 Å². The van der Waals surface area contributed by atoms with E-state index in [0.717, 1.165) is 42.5 Å². The number of guanidine groups is 1. The Hall–Kier alpha value is -1.56. The molecule has 0 spiro atoms. The third-order valence-electron chi connectivity index (χ3n) is 3.12. The zero-order chi connectivity index (χ0) is 14.4. The van der Waals surface area contributed by atoms with Crippen LogP contribution < -0.4 is 16.0 Å². The molecule has 110 valence electrons. The Morgan fingerprint density at radius 3 is 3.00 bits per heavy atom. The van der Waals surface area contributed by atoms with Gasteiger partial charge in [-0.3, -0.25) is 0 Å². The molecule has 0 aromatic carbocycles. The SMILES string of the molecule is C=C(C)CN=C(N)NCCc1csc(N2CCCC2)n1. The van der Waals surface area contributed by atoms with Gasteiger partial charge in [-0.1, -0.05) is 12.2 Å². The van der Waals surface area contributed by atoms with Crippen LogP contribution in [-0.4, -0.2) is 37.1 Å². The van der Waals surface area contributed by atoms with Crippen LogP contribution in [0.1, 0.15) is 25.5 Å². The van der Waals surface area contributed by atoms with E-state index in [2.05, 4.69) is 32.2 Å². The monoisotopic (exact) mass is 293 g/mol.